The molecule has 1 amide bonds. The van der Waals surface area contributed by atoms with Crippen molar-refractivity contribution in [1.29, 1.82) is 0 Å². The van der Waals surface area contributed by atoms with Gasteiger partial charge in [0.05, 0.1) is 18.3 Å². The number of carbonyl (C=O) groups excluding carboxylic acids is 1. The van der Waals surface area contributed by atoms with Gasteiger partial charge in [0.2, 0.25) is 5.91 Å². The second-order valence-corrected chi connectivity index (χ2v) is 6.89. The maximum absolute atomic E-state index is 11.1. The lowest BCUT2D eigenvalue weighted by atomic mass is 9.70. The van der Waals surface area contributed by atoms with Crippen molar-refractivity contribution < 1.29 is 14.1 Å². The molecule has 2 aromatic rings. The normalized spacial score (nSPS) is 20.6. The van der Waals surface area contributed by atoms with E-state index in [1.165, 1.54) is 12.5 Å². The van der Waals surface area contributed by atoms with Crippen LogP contribution in [0.2, 0.25) is 0 Å². The molecule has 1 fully saturated rings. The van der Waals surface area contributed by atoms with Crippen LogP contribution in [0.4, 0.5) is 0 Å². The summed E-state index contributed by atoms with van der Waals surface area (Å²) in [4.78, 5) is 11.1. The lowest BCUT2D eigenvalue weighted by Crippen LogP contribution is -2.24. The fraction of sp³-hybridized carbons (Fsp3) is 0.500. The van der Waals surface area contributed by atoms with Crippen molar-refractivity contribution in [3.63, 3.8) is 0 Å². The summed E-state index contributed by atoms with van der Waals surface area (Å²) >= 11 is 0. The van der Waals surface area contributed by atoms with Crippen molar-refractivity contribution in [3.05, 3.63) is 47.3 Å². The first-order valence-electron chi connectivity index (χ1n) is 9.00. The molecular weight excluding hydrogens is 316 g/mol. The zero-order valence-electron chi connectivity index (χ0n) is 15.1. The van der Waals surface area contributed by atoms with Crippen LogP contribution in [-0.4, -0.2) is 17.7 Å². The molecule has 134 valence electrons. The van der Waals surface area contributed by atoms with Gasteiger partial charge in [-0.1, -0.05) is 17.3 Å². The summed E-state index contributed by atoms with van der Waals surface area (Å²) in [6.07, 6.45) is 3.36. The quantitative estimate of drug-likeness (QED) is 0.826. The van der Waals surface area contributed by atoms with E-state index in [1.807, 2.05) is 32.0 Å². The van der Waals surface area contributed by atoms with Crippen molar-refractivity contribution in [2.24, 2.45) is 5.92 Å². The zero-order chi connectivity index (χ0) is 17.8. The van der Waals surface area contributed by atoms with Crippen LogP contribution in [0.3, 0.4) is 0 Å². The maximum Gasteiger partial charge on any atom is 0.217 e. The molecule has 1 saturated carbocycles. The van der Waals surface area contributed by atoms with Gasteiger partial charge in [0.15, 0.2) is 5.76 Å². The molecule has 1 aliphatic rings. The van der Waals surface area contributed by atoms with Crippen LogP contribution in [0, 0.1) is 5.92 Å². The molecule has 0 saturated heterocycles. The second kappa shape index (κ2) is 7.72. The van der Waals surface area contributed by atoms with Gasteiger partial charge in [-0.05, 0) is 56.7 Å². The third-order valence-electron chi connectivity index (χ3n) is 4.81. The number of aromatic nitrogens is 1. The number of rotatable bonds is 7. The van der Waals surface area contributed by atoms with Crippen LogP contribution >= 0.6 is 0 Å². The van der Waals surface area contributed by atoms with Crippen molar-refractivity contribution in [2.45, 2.75) is 52.0 Å². The minimum atomic E-state index is -0.140. The van der Waals surface area contributed by atoms with Gasteiger partial charge in [0.1, 0.15) is 5.75 Å². The minimum Gasteiger partial charge on any atom is -0.494 e. The van der Waals surface area contributed by atoms with Crippen molar-refractivity contribution in [2.75, 3.05) is 6.61 Å². The van der Waals surface area contributed by atoms with E-state index in [9.17, 15) is 4.79 Å². The highest BCUT2D eigenvalue weighted by atomic mass is 16.5. The summed E-state index contributed by atoms with van der Waals surface area (Å²) in [5.41, 5.74) is 2.36. The van der Waals surface area contributed by atoms with E-state index in [1.54, 1.807) is 0 Å². The van der Waals surface area contributed by atoms with Crippen LogP contribution in [0.25, 0.3) is 0 Å². The molecule has 1 aliphatic carbocycles. The fourth-order valence-corrected chi connectivity index (χ4v) is 3.44. The van der Waals surface area contributed by atoms with Crippen LogP contribution in [0.5, 0.6) is 5.75 Å². The Hall–Kier alpha value is -2.30. The monoisotopic (exact) mass is 342 g/mol. The highest BCUT2D eigenvalue weighted by molar-refractivity contribution is 5.73. The Morgan fingerprint density at radius 3 is 2.72 bits per heavy atom. The van der Waals surface area contributed by atoms with Gasteiger partial charge in [0.25, 0.3) is 0 Å². The third-order valence-corrected chi connectivity index (χ3v) is 4.81. The molecule has 0 spiro atoms. The summed E-state index contributed by atoms with van der Waals surface area (Å²) in [5.74, 6) is 2.75. The van der Waals surface area contributed by atoms with E-state index in [-0.39, 0.29) is 11.9 Å². The first kappa shape index (κ1) is 17.5. The Kier molecular flexibility index (Phi) is 5.41. The van der Waals surface area contributed by atoms with E-state index in [4.69, 9.17) is 9.26 Å². The molecule has 0 bridgehead atoms. The maximum atomic E-state index is 11.1. The number of hydrogen-bond acceptors (Lipinski definition) is 4. The Bertz CT molecular complexity index is 702. The van der Waals surface area contributed by atoms with E-state index in [2.05, 4.69) is 22.6 Å². The van der Waals surface area contributed by atoms with Crippen molar-refractivity contribution in [3.8, 4) is 5.75 Å². The lowest BCUT2D eigenvalue weighted by molar-refractivity contribution is -0.119. The number of nitrogens with zero attached hydrogens (tertiary/aromatic N) is 1. The van der Waals surface area contributed by atoms with Gasteiger partial charge >= 0.3 is 0 Å². The Morgan fingerprint density at radius 1 is 1.36 bits per heavy atom. The summed E-state index contributed by atoms with van der Waals surface area (Å²) in [5, 5.41) is 7.02. The summed E-state index contributed by atoms with van der Waals surface area (Å²) in [6, 6.07) is 10.2. The van der Waals surface area contributed by atoms with Gasteiger partial charge in [-0.3, -0.25) is 4.79 Å². The van der Waals surface area contributed by atoms with Gasteiger partial charge in [-0.15, -0.1) is 0 Å². The molecule has 1 N–H and O–H groups in total. The van der Waals surface area contributed by atoms with Crippen LogP contribution in [-0.2, 0) is 11.2 Å². The van der Waals surface area contributed by atoms with E-state index < -0.39 is 0 Å². The van der Waals surface area contributed by atoms with Crippen LogP contribution in [0.1, 0.15) is 62.6 Å². The largest absolute Gasteiger partial charge is 0.494 e. The van der Waals surface area contributed by atoms with Gasteiger partial charge < -0.3 is 14.6 Å². The topological polar surface area (TPSA) is 64.4 Å². The minimum absolute atomic E-state index is 0.0653. The standard InChI is InChI=1S/C20H26N2O3/c1-4-24-18-7-5-15(6-8-18)9-16-10-17(11-16)19-12-20(25-22-19)13(2)21-14(3)23/h5-8,12-13,16-17H,4,9-11H2,1-3H3,(H,21,23)/t13-,16?,17?/m0/s1. The molecule has 1 aromatic carbocycles. The Labute approximate surface area is 148 Å². The molecule has 0 aliphatic heterocycles. The third kappa shape index (κ3) is 4.41. The highest BCUT2D eigenvalue weighted by Crippen LogP contribution is 2.43. The lowest BCUT2D eigenvalue weighted by Gasteiger charge is -2.34. The molecule has 0 radical (unpaired) electrons. The molecule has 3 rings (SSSR count). The predicted octanol–water partition coefficient (Wildman–Crippen LogP) is 4.01. The number of ether oxygens (including phenoxy) is 1. The van der Waals surface area contributed by atoms with Crippen LogP contribution < -0.4 is 10.1 Å². The first-order valence-corrected chi connectivity index (χ1v) is 9.00. The molecule has 0 unspecified atom stereocenters. The molecule has 1 aromatic heterocycles. The molecule has 1 heterocycles. The molecule has 5 nitrogen and oxygen atoms in total. The average molecular weight is 342 g/mol. The van der Waals surface area contributed by atoms with E-state index in [0.717, 1.165) is 36.5 Å². The van der Waals surface area contributed by atoms with E-state index in [0.29, 0.717) is 18.4 Å². The average Bonchev–Trinajstić information content (AvgIpc) is 3.01. The first-order chi connectivity index (χ1) is 12.0. The summed E-state index contributed by atoms with van der Waals surface area (Å²) in [7, 11) is 0. The number of nitrogens with one attached hydrogen (secondary N) is 1. The Balaban J connectivity index is 1.49. The number of benzene rings is 1. The van der Waals surface area contributed by atoms with Crippen LogP contribution in [0.15, 0.2) is 34.9 Å². The summed E-state index contributed by atoms with van der Waals surface area (Å²) in [6.45, 7) is 6.10. The van der Waals surface area contributed by atoms with E-state index >= 15 is 0 Å². The van der Waals surface area contributed by atoms with Gasteiger partial charge in [-0.25, -0.2) is 0 Å². The van der Waals surface area contributed by atoms with Gasteiger partial charge in [-0.2, -0.15) is 0 Å². The smallest absolute Gasteiger partial charge is 0.217 e. The second-order valence-electron chi connectivity index (χ2n) is 6.89. The fourth-order valence-electron chi connectivity index (χ4n) is 3.44. The van der Waals surface area contributed by atoms with Crippen molar-refractivity contribution in [1.82, 2.24) is 10.5 Å². The highest BCUT2D eigenvalue weighted by Gasteiger charge is 2.32. The van der Waals surface area contributed by atoms with Gasteiger partial charge in [0, 0.05) is 18.9 Å². The number of carbonyl (C=O) groups is 1. The predicted molar refractivity (Wildman–Crippen MR) is 95.5 cm³/mol. The number of amides is 1. The molecule has 5 heteroatoms. The summed E-state index contributed by atoms with van der Waals surface area (Å²) < 4.78 is 10.9. The molecular formula is C20H26N2O3. The molecule has 25 heavy (non-hydrogen) atoms. The van der Waals surface area contributed by atoms with Crippen molar-refractivity contribution >= 4 is 5.91 Å². The molecule has 1 atom stereocenters. The SMILES string of the molecule is CCOc1ccc(CC2CC(c3cc([C@H](C)NC(C)=O)on3)C2)cc1. The Morgan fingerprint density at radius 2 is 2.08 bits per heavy atom. The zero-order valence-corrected chi connectivity index (χ0v) is 15.1. The number of hydrogen-bond donors (Lipinski definition) is 1.